The van der Waals surface area contributed by atoms with Crippen molar-refractivity contribution in [2.24, 2.45) is 7.05 Å². The fourth-order valence-electron chi connectivity index (χ4n) is 2.91. The number of benzene rings is 2. The molecule has 10 heteroatoms. The molecule has 2 heterocycles. The largest absolute Gasteiger partial charge is 0.480 e. The summed E-state index contributed by atoms with van der Waals surface area (Å²) >= 11 is 12.2. The highest BCUT2D eigenvalue weighted by Crippen LogP contribution is 2.31. The molecule has 8 nitrogen and oxygen atoms in total. The lowest BCUT2D eigenvalue weighted by atomic mass is 10.2. The van der Waals surface area contributed by atoms with Crippen LogP contribution in [0.3, 0.4) is 0 Å². The molecule has 30 heavy (non-hydrogen) atoms. The van der Waals surface area contributed by atoms with Gasteiger partial charge >= 0.3 is 0 Å². The monoisotopic (exact) mass is 442 g/mol. The molecule has 0 radical (unpaired) electrons. The third kappa shape index (κ3) is 3.87. The van der Waals surface area contributed by atoms with Crippen LogP contribution >= 0.6 is 23.2 Å². The lowest BCUT2D eigenvalue weighted by Crippen LogP contribution is -2.15. The Hall–Kier alpha value is -3.36. The molecular weight excluding hydrogens is 427 g/mol. The van der Waals surface area contributed by atoms with Gasteiger partial charge in [-0.1, -0.05) is 29.3 Å². The standard InChI is InChI=1S/C20H16Cl2N6O2/c1-28-16-7-6-12(8-11(16)9-24-28)25-20-23-10-13(19(27-20)30-2)18(29)26-17-14(21)4-3-5-15(17)22/h3-10H,1-2H3,(H,26,29)(H,23,25,27). The zero-order valence-corrected chi connectivity index (χ0v) is 17.5. The number of para-hydroxylation sites is 1. The quantitative estimate of drug-likeness (QED) is 0.466. The molecule has 0 aliphatic rings. The van der Waals surface area contributed by atoms with Crippen LogP contribution < -0.4 is 15.4 Å². The smallest absolute Gasteiger partial charge is 0.262 e. The van der Waals surface area contributed by atoms with E-state index >= 15 is 0 Å². The Kier molecular flexibility index (Phi) is 5.43. The lowest BCUT2D eigenvalue weighted by Gasteiger charge is -2.12. The predicted molar refractivity (Wildman–Crippen MR) is 117 cm³/mol. The van der Waals surface area contributed by atoms with E-state index in [0.717, 1.165) is 16.6 Å². The summed E-state index contributed by atoms with van der Waals surface area (Å²) in [6.45, 7) is 0. The Bertz CT molecular complexity index is 1240. The van der Waals surface area contributed by atoms with E-state index in [1.54, 1.807) is 29.1 Å². The van der Waals surface area contributed by atoms with Crippen LogP contribution in [0.15, 0.2) is 48.8 Å². The van der Waals surface area contributed by atoms with Crippen LogP contribution in [0.2, 0.25) is 10.0 Å². The molecule has 2 aromatic carbocycles. The summed E-state index contributed by atoms with van der Waals surface area (Å²) in [6.07, 6.45) is 3.14. The second-order valence-corrected chi connectivity index (χ2v) is 7.15. The van der Waals surface area contributed by atoms with Gasteiger partial charge in [-0.05, 0) is 30.3 Å². The van der Waals surface area contributed by atoms with E-state index in [4.69, 9.17) is 27.9 Å². The minimum Gasteiger partial charge on any atom is -0.480 e. The fourth-order valence-corrected chi connectivity index (χ4v) is 3.40. The Morgan fingerprint density at radius 2 is 1.90 bits per heavy atom. The van der Waals surface area contributed by atoms with E-state index in [2.05, 4.69) is 25.7 Å². The van der Waals surface area contributed by atoms with Gasteiger partial charge in [0.05, 0.1) is 34.6 Å². The molecule has 0 bridgehead atoms. The minimum absolute atomic E-state index is 0.107. The maximum Gasteiger partial charge on any atom is 0.262 e. The first-order chi connectivity index (χ1) is 14.5. The predicted octanol–water partition coefficient (Wildman–Crippen LogP) is 4.67. The van der Waals surface area contributed by atoms with Crippen molar-refractivity contribution in [3.8, 4) is 5.88 Å². The van der Waals surface area contributed by atoms with Crippen molar-refractivity contribution in [2.75, 3.05) is 17.7 Å². The van der Waals surface area contributed by atoms with Crippen molar-refractivity contribution in [1.82, 2.24) is 19.7 Å². The van der Waals surface area contributed by atoms with Gasteiger partial charge in [0, 0.05) is 24.3 Å². The van der Waals surface area contributed by atoms with Crippen LogP contribution in [0.25, 0.3) is 10.9 Å². The van der Waals surface area contributed by atoms with E-state index in [1.165, 1.54) is 13.3 Å². The number of halogens is 2. The lowest BCUT2D eigenvalue weighted by molar-refractivity contribution is 0.102. The maximum atomic E-state index is 12.7. The van der Waals surface area contributed by atoms with E-state index in [-0.39, 0.29) is 17.4 Å². The number of nitrogens with one attached hydrogen (secondary N) is 2. The second kappa shape index (κ2) is 8.17. The zero-order valence-electron chi connectivity index (χ0n) is 16.0. The molecule has 2 aromatic heterocycles. The van der Waals surface area contributed by atoms with Crippen LogP contribution in [-0.2, 0) is 7.05 Å². The van der Waals surface area contributed by atoms with Crippen LogP contribution in [0.5, 0.6) is 5.88 Å². The van der Waals surface area contributed by atoms with Gasteiger partial charge in [0.1, 0.15) is 5.56 Å². The number of amides is 1. The van der Waals surface area contributed by atoms with Gasteiger partial charge in [0.2, 0.25) is 11.8 Å². The van der Waals surface area contributed by atoms with E-state index < -0.39 is 5.91 Å². The van der Waals surface area contributed by atoms with Gasteiger partial charge in [-0.15, -0.1) is 0 Å². The van der Waals surface area contributed by atoms with Gasteiger partial charge in [-0.3, -0.25) is 9.48 Å². The number of fused-ring (bicyclic) bond motifs is 1. The average Bonchev–Trinajstić information content (AvgIpc) is 3.10. The molecule has 0 spiro atoms. The second-order valence-electron chi connectivity index (χ2n) is 6.33. The Labute approximate surface area is 181 Å². The van der Waals surface area contributed by atoms with Crippen LogP contribution in [0, 0.1) is 0 Å². The highest BCUT2D eigenvalue weighted by Gasteiger charge is 2.18. The molecule has 0 aliphatic heterocycles. The third-order valence-corrected chi connectivity index (χ3v) is 5.03. The van der Waals surface area contributed by atoms with Crippen molar-refractivity contribution in [3.05, 3.63) is 64.4 Å². The molecule has 0 aliphatic carbocycles. The van der Waals surface area contributed by atoms with Crippen LogP contribution in [0.4, 0.5) is 17.3 Å². The van der Waals surface area contributed by atoms with Crippen molar-refractivity contribution in [3.63, 3.8) is 0 Å². The minimum atomic E-state index is -0.495. The average molecular weight is 443 g/mol. The van der Waals surface area contributed by atoms with E-state index in [9.17, 15) is 4.79 Å². The van der Waals surface area contributed by atoms with Gasteiger partial charge in [0.25, 0.3) is 5.91 Å². The normalized spacial score (nSPS) is 10.8. The zero-order chi connectivity index (χ0) is 21.3. The summed E-state index contributed by atoms with van der Waals surface area (Å²) in [4.78, 5) is 21.2. The Morgan fingerprint density at radius 3 is 2.63 bits per heavy atom. The number of methoxy groups -OCH3 is 1. The molecule has 4 rings (SSSR count). The van der Waals surface area contributed by atoms with E-state index in [0.29, 0.717) is 15.7 Å². The summed E-state index contributed by atoms with van der Waals surface area (Å²) < 4.78 is 7.07. The van der Waals surface area contributed by atoms with Crippen molar-refractivity contribution in [2.45, 2.75) is 0 Å². The first-order valence-electron chi connectivity index (χ1n) is 8.81. The number of nitrogens with zero attached hydrogens (tertiary/aromatic N) is 4. The van der Waals surface area contributed by atoms with Crippen LogP contribution in [0.1, 0.15) is 10.4 Å². The number of hydrogen-bond acceptors (Lipinski definition) is 6. The topological polar surface area (TPSA) is 94.0 Å². The van der Waals surface area contributed by atoms with Crippen LogP contribution in [-0.4, -0.2) is 32.8 Å². The number of aromatic nitrogens is 4. The van der Waals surface area contributed by atoms with Gasteiger partial charge in [-0.2, -0.15) is 10.1 Å². The number of aryl methyl sites for hydroxylation is 1. The summed E-state index contributed by atoms with van der Waals surface area (Å²) in [5.41, 5.74) is 2.23. The first-order valence-corrected chi connectivity index (χ1v) is 9.57. The SMILES string of the molecule is COc1nc(Nc2ccc3c(cnn3C)c2)ncc1C(=O)Nc1c(Cl)cccc1Cl. The molecule has 152 valence electrons. The highest BCUT2D eigenvalue weighted by atomic mass is 35.5. The Balaban J connectivity index is 1.58. The van der Waals surface area contributed by atoms with Gasteiger partial charge in [-0.25, -0.2) is 4.98 Å². The fraction of sp³-hybridized carbons (Fsp3) is 0.100. The number of rotatable bonds is 5. The number of anilines is 3. The molecule has 0 fully saturated rings. The Morgan fingerprint density at radius 1 is 1.13 bits per heavy atom. The van der Waals surface area contributed by atoms with E-state index in [1.807, 2.05) is 25.2 Å². The molecule has 0 unspecified atom stereocenters. The van der Waals surface area contributed by atoms with Gasteiger partial charge < -0.3 is 15.4 Å². The van der Waals surface area contributed by atoms with Crippen molar-refractivity contribution < 1.29 is 9.53 Å². The molecule has 0 saturated heterocycles. The summed E-state index contributed by atoms with van der Waals surface area (Å²) in [7, 11) is 3.30. The molecular formula is C20H16Cl2N6O2. The maximum absolute atomic E-state index is 12.7. The first kappa shape index (κ1) is 19.9. The third-order valence-electron chi connectivity index (χ3n) is 4.40. The van der Waals surface area contributed by atoms with Gasteiger partial charge in [0.15, 0.2) is 0 Å². The molecule has 1 amide bonds. The molecule has 0 atom stereocenters. The highest BCUT2D eigenvalue weighted by molar-refractivity contribution is 6.40. The summed E-state index contributed by atoms with van der Waals surface area (Å²) in [6, 6.07) is 10.7. The number of carbonyl (C=O) groups excluding carboxylic acids is 1. The van der Waals surface area contributed by atoms with Crippen molar-refractivity contribution in [1.29, 1.82) is 0 Å². The number of carbonyl (C=O) groups is 1. The number of hydrogen-bond donors (Lipinski definition) is 2. The molecule has 4 aromatic rings. The van der Waals surface area contributed by atoms with Crippen molar-refractivity contribution >= 4 is 57.3 Å². The summed E-state index contributed by atoms with van der Waals surface area (Å²) in [5, 5.41) is 11.6. The molecule has 2 N–H and O–H groups in total. The molecule has 0 saturated carbocycles. The number of ether oxygens (including phenoxy) is 1. The summed E-state index contributed by atoms with van der Waals surface area (Å²) in [5.74, 6) is -0.108.